The van der Waals surface area contributed by atoms with Crippen LogP contribution in [0.5, 0.6) is 0 Å². The third-order valence-corrected chi connectivity index (χ3v) is 5.95. The molecule has 22 heavy (non-hydrogen) atoms. The number of sulfone groups is 1. The lowest BCUT2D eigenvalue weighted by molar-refractivity contribution is 0.287. The Morgan fingerprint density at radius 3 is 2.59 bits per heavy atom. The Morgan fingerprint density at radius 2 is 2.05 bits per heavy atom. The molecular weight excluding hydrogens is 415 g/mol. The van der Waals surface area contributed by atoms with Crippen molar-refractivity contribution in [2.45, 2.75) is 32.2 Å². The highest BCUT2D eigenvalue weighted by atomic mass is 127. The van der Waals surface area contributed by atoms with E-state index in [9.17, 15) is 8.42 Å². The summed E-state index contributed by atoms with van der Waals surface area (Å²) in [5.74, 6) is 1.77. The van der Waals surface area contributed by atoms with Crippen LogP contribution in [0.3, 0.4) is 0 Å². The lowest BCUT2D eigenvalue weighted by Gasteiger charge is -2.22. The average Bonchev–Trinajstić information content (AvgIpc) is 3.04. The van der Waals surface area contributed by atoms with Gasteiger partial charge in [-0.2, -0.15) is 0 Å². The molecule has 2 rings (SSSR count). The summed E-state index contributed by atoms with van der Waals surface area (Å²) in [6.45, 7) is 6.64. The van der Waals surface area contributed by atoms with Crippen LogP contribution < -0.4 is 10.6 Å². The number of nitrogens with zero attached hydrogens (tertiary/aromatic N) is 2. The molecule has 0 aromatic heterocycles. The molecule has 2 aliphatic rings. The van der Waals surface area contributed by atoms with Crippen LogP contribution in [-0.2, 0) is 9.84 Å². The summed E-state index contributed by atoms with van der Waals surface area (Å²) in [4.78, 5) is 6.70. The van der Waals surface area contributed by atoms with Crippen molar-refractivity contribution in [1.29, 1.82) is 0 Å². The maximum absolute atomic E-state index is 11.5. The zero-order chi connectivity index (χ0) is 15.3. The molecule has 0 radical (unpaired) electrons. The van der Waals surface area contributed by atoms with Crippen LogP contribution in [0.2, 0.25) is 0 Å². The van der Waals surface area contributed by atoms with Gasteiger partial charge in [-0.05, 0) is 38.3 Å². The number of hydrogen-bond acceptors (Lipinski definition) is 4. The fraction of sp³-hybridized carbons (Fsp3) is 0.929. The number of likely N-dealkylation sites (tertiary alicyclic amines) is 1. The van der Waals surface area contributed by atoms with Crippen molar-refractivity contribution in [1.82, 2.24) is 15.5 Å². The van der Waals surface area contributed by atoms with Crippen LogP contribution in [0.1, 0.15) is 26.2 Å². The first-order valence-electron chi connectivity index (χ1n) is 7.88. The number of nitrogens with one attached hydrogen (secondary N) is 2. The Kier molecular flexibility index (Phi) is 8.40. The van der Waals surface area contributed by atoms with Crippen molar-refractivity contribution >= 4 is 39.8 Å². The summed E-state index contributed by atoms with van der Waals surface area (Å²) in [5.41, 5.74) is 0. The van der Waals surface area contributed by atoms with E-state index in [-0.39, 0.29) is 41.5 Å². The molecule has 2 aliphatic heterocycles. The Bertz CT molecular complexity index is 463. The molecule has 8 heteroatoms. The molecular formula is C14H29IN4O2S. The molecule has 130 valence electrons. The molecule has 0 spiro atoms. The second-order valence-corrected chi connectivity index (χ2v) is 8.54. The second kappa shape index (κ2) is 9.27. The van der Waals surface area contributed by atoms with E-state index in [2.05, 4.69) is 27.4 Å². The zero-order valence-electron chi connectivity index (χ0n) is 13.5. The molecule has 0 bridgehead atoms. The molecule has 2 saturated heterocycles. The largest absolute Gasteiger partial charge is 0.356 e. The second-order valence-electron chi connectivity index (χ2n) is 6.31. The summed E-state index contributed by atoms with van der Waals surface area (Å²) in [6.07, 6.45) is 3.31. The van der Waals surface area contributed by atoms with E-state index < -0.39 is 9.84 Å². The van der Waals surface area contributed by atoms with Gasteiger partial charge in [0, 0.05) is 26.2 Å². The molecule has 0 aliphatic carbocycles. The van der Waals surface area contributed by atoms with Crippen molar-refractivity contribution in [3.63, 3.8) is 0 Å². The molecule has 0 aromatic rings. The standard InChI is InChI=1S/C14H28N4O2S.HI/c1-12(10-18-6-3-4-7-18)9-16-14(15-2)17-13-5-8-21(19,20)11-13;/h12-13H,3-11H2,1-2H3,(H2,15,16,17);1H. The van der Waals surface area contributed by atoms with Crippen LogP contribution >= 0.6 is 24.0 Å². The van der Waals surface area contributed by atoms with Gasteiger partial charge in [0.15, 0.2) is 15.8 Å². The van der Waals surface area contributed by atoms with Crippen LogP contribution in [0.15, 0.2) is 4.99 Å². The van der Waals surface area contributed by atoms with Gasteiger partial charge in [0.05, 0.1) is 11.5 Å². The normalized spacial score (nSPS) is 26.5. The Morgan fingerprint density at radius 1 is 1.36 bits per heavy atom. The summed E-state index contributed by atoms with van der Waals surface area (Å²) < 4.78 is 22.9. The highest BCUT2D eigenvalue weighted by Crippen LogP contribution is 2.11. The summed E-state index contributed by atoms with van der Waals surface area (Å²) in [6, 6.07) is -0.00455. The van der Waals surface area contributed by atoms with Gasteiger partial charge in [-0.15, -0.1) is 24.0 Å². The number of rotatable bonds is 5. The molecule has 2 heterocycles. The van der Waals surface area contributed by atoms with E-state index >= 15 is 0 Å². The predicted octanol–water partition coefficient (Wildman–Crippen LogP) is 0.688. The number of guanidine groups is 1. The molecule has 0 amide bonds. The number of aliphatic imine (C=N–C) groups is 1. The number of halogens is 1. The third kappa shape index (κ3) is 6.57. The minimum absolute atomic E-state index is 0. The predicted molar refractivity (Wildman–Crippen MR) is 102 cm³/mol. The van der Waals surface area contributed by atoms with Crippen LogP contribution in [-0.4, -0.2) is 70.1 Å². The van der Waals surface area contributed by atoms with Crippen LogP contribution in [0, 0.1) is 5.92 Å². The molecule has 0 aromatic carbocycles. The van der Waals surface area contributed by atoms with Crippen molar-refractivity contribution in [2.24, 2.45) is 10.9 Å². The Hall–Kier alpha value is -0.0900. The van der Waals surface area contributed by atoms with Gasteiger partial charge >= 0.3 is 0 Å². The molecule has 2 fully saturated rings. The Balaban J connectivity index is 0.00000242. The van der Waals surface area contributed by atoms with E-state index in [1.54, 1.807) is 7.05 Å². The van der Waals surface area contributed by atoms with Crippen molar-refractivity contribution in [2.75, 3.05) is 44.7 Å². The van der Waals surface area contributed by atoms with Gasteiger partial charge in [0.2, 0.25) is 0 Å². The van der Waals surface area contributed by atoms with E-state index in [1.807, 2.05) is 0 Å². The highest BCUT2D eigenvalue weighted by Gasteiger charge is 2.28. The summed E-state index contributed by atoms with van der Waals surface area (Å²) in [5, 5.41) is 6.53. The molecule has 2 unspecified atom stereocenters. The van der Waals surface area contributed by atoms with E-state index in [4.69, 9.17) is 0 Å². The summed E-state index contributed by atoms with van der Waals surface area (Å²) in [7, 11) is -1.12. The van der Waals surface area contributed by atoms with Gasteiger partial charge in [-0.25, -0.2) is 8.42 Å². The van der Waals surface area contributed by atoms with Crippen LogP contribution in [0.4, 0.5) is 0 Å². The highest BCUT2D eigenvalue weighted by molar-refractivity contribution is 14.0. The van der Waals surface area contributed by atoms with Gasteiger partial charge in [0.1, 0.15) is 0 Å². The van der Waals surface area contributed by atoms with Crippen LogP contribution in [0.25, 0.3) is 0 Å². The van der Waals surface area contributed by atoms with E-state index in [0.29, 0.717) is 18.3 Å². The monoisotopic (exact) mass is 444 g/mol. The first-order valence-corrected chi connectivity index (χ1v) is 9.70. The van der Waals surface area contributed by atoms with E-state index in [1.165, 1.54) is 25.9 Å². The topological polar surface area (TPSA) is 73.8 Å². The minimum Gasteiger partial charge on any atom is -0.356 e. The van der Waals surface area contributed by atoms with Gasteiger partial charge in [-0.1, -0.05) is 6.92 Å². The van der Waals surface area contributed by atoms with Gasteiger partial charge in [-0.3, -0.25) is 4.99 Å². The molecule has 2 N–H and O–H groups in total. The number of hydrogen-bond donors (Lipinski definition) is 2. The zero-order valence-corrected chi connectivity index (χ0v) is 16.7. The van der Waals surface area contributed by atoms with E-state index in [0.717, 1.165) is 13.1 Å². The molecule has 0 saturated carbocycles. The average molecular weight is 444 g/mol. The van der Waals surface area contributed by atoms with Gasteiger partial charge in [0.25, 0.3) is 0 Å². The smallest absolute Gasteiger partial charge is 0.191 e. The summed E-state index contributed by atoms with van der Waals surface area (Å²) >= 11 is 0. The Labute approximate surface area is 151 Å². The lowest BCUT2D eigenvalue weighted by atomic mass is 10.1. The maximum Gasteiger partial charge on any atom is 0.191 e. The fourth-order valence-corrected chi connectivity index (χ4v) is 4.71. The third-order valence-electron chi connectivity index (χ3n) is 4.18. The first-order chi connectivity index (χ1) is 9.98. The first kappa shape index (κ1) is 20.0. The lowest BCUT2D eigenvalue weighted by Crippen LogP contribution is -2.46. The van der Waals surface area contributed by atoms with Crippen molar-refractivity contribution in [3.8, 4) is 0 Å². The van der Waals surface area contributed by atoms with Crippen molar-refractivity contribution in [3.05, 3.63) is 0 Å². The van der Waals surface area contributed by atoms with Gasteiger partial charge < -0.3 is 15.5 Å². The SMILES string of the molecule is CN=C(NCC(C)CN1CCCC1)NC1CCS(=O)(=O)C1.I. The minimum atomic E-state index is -2.85. The maximum atomic E-state index is 11.5. The van der Waals surface area contributed by atoms with Crippen molar-refractivity contribution < 1.29 is 8.42 Å². The quantitative estimate of drug-likeness (QED) is 0.371. The fourth-order valence-electron chi connectivity index (χ4n) is 3.04. The molecule has 6 nitrogen and oxygen atoms in total. The molecule has 2 atom stereocenters.